The van der Waals surface area contributed by atoms with Gasteiger partial charge < -0.3 is 36.1 Å². The van der Waals surface area contributed by atoms with Gasteiger partial charge in [0.1, 0.15) is 6.23 Å². The Morgan fingerprint density at radius 1 is 1.28 bits per heavy atom. The molecule has 2 atom stereocenters. The highest BCUT2D eigenvalue weighted by Gasteiger charge is 2.29. The van der Waals surface area contributed by atoms with Crippen molar-refractivity contribution in [2.75, 3.05) is 25.1 Å². The molecule has 1 saturated heterocycles. The van der Waals surface area contributed by atoms with Crippen molar-refractivity contribution in [3.05, 3.63) is 48.0 Å². The van der Waals surface area contributed by atoms with E-state index >= 15 is 0 Å². The lowest BCUT2D eigenvalue weighted by Crippen LogP contribution is -2.51. The van der Waals surface area contributed by atoms with Gasteiger partial charge in [-0.05, 0) is 69.5 Å². The van der Waals surface area contributed by atoms with Crippen LogP contribution in [-0.4, -0.2) is 57.1 Å². The van der Waals surface area contributed by atoms with Crippen molar-refractivity contribution in [1.82, 2.24) is 14.9 Å². The number of rotatable bonds is 12. The van der Waals surface area contributed by atoms with Crippen molar-refractivity contribution in [3.8, 4) is 11.5 Å². The van der Waals surface area contributed by atoms with E-state index in [2.05, 4.69) is 10.6 Å². The molecular formula is C26H35N5O5. The van der Waals surface area contributed by atoms with Gasteiger partial charge in [-0.2, -0.15) is 0 Å². The first-order valence-corrected chi connectivity index (χ1v) is 12.3. The lowest BCUT2D eigenvalue weighted by Gasteiger charge is -2.22. The molecule has 4 rings (SSSR count). The number of phenols is 1. The van der Waals surface area contributed by atoms with E-state index in [4.69, 9.17) is 20.2 Å². The van der Waals surface area contributed by atoms with Crippen molar-refractivity contribution in [3.63, 3.8) is 0 Å². The zero-order chi connectivity index (χ0) is 25.7. The van der Waals surface area contributed by atoms with Crippen molar-refractivity contribution in [1.29, 1.82) is 0 Å². The van der Waals surface area contributed by atoms with Crippen LogP contribution in [0.1, 0.15) is 44.9 Å². The summed E-state index contributed by atoms with van der Waals surface area (Å²) in [7, 11) is 0. The highest BCUT2D eigenvalue weighted by atomic mass is 16.5. The van der Waals surface area contributed by atoms with Gasteiger partial charge in [-0.15, -0.1) is 0 Å². The van der Waals surface area contributed by atoms with Crippen molar-refractivity contribution in [2.24, 2.45) is 5.73 Å². The Kier molecular flexibility index (Phi) is 7.97. The lowest BCUT2D eigenvalue weighted by molar-refractivity contribution is -0.123. The van der Waals surface area contributed by atoms with Crippen LogP contribution in [0.25, 0.3) is 11.0 Å². The number of nitrogens with zero attached hydrogens (tertiary/aromatic N) is 2. The molecule has 2 aromatic carbocycles. The van der Waals surface area contributed by atoms with E-state index in [-0.39, 0.29) is 24.7 Å². The second kappa shape index (κ2) is 11.2. The maximum atomic E-state index is 11.4. The molecule has 0 bridgehead atoms. The summed E-state index contributed by atoms with van der Waals surface area (Å²) in [6.45, 7) is 4.85. The third-order valence-electron chi connectivity index (χ3n) is 6.41. The molecule has 0 spiro atoms. The summed E-state index contributed by atoms with van der Waals surface area (Å²) >= 11 is 0. The van der Waals surface area contributed by atoms with Gasteiger partial charge in [0.05, 0.1) is 35.9 Å². The van der Waals surface area contributed by atoms with E-state index in [0.29, 0.717) is 37.8 Å². The molecule has 1 aliphatic rings. The zero-order valence-corrected chi connectivity index (χ0v) is 20.7. The second-order valence-corrected chi connectivity index (χ2v) is 9.54. The predicted octanol–water partition coefficient (Wildman–Crippen LogP) is 2.65. The molecular weight excluding hydrogens is 462 g/mol. The summed E-state index contributed by atoms with van der Waals surface area (Å²) in [5, 5.41) is 26.2. The minimum atomic E-state index is -0.785. The molecule has 2 heterocycles. The van der Waals surface area contributed by atoms with Crippen LogP contribution in [0, 0.1) is 0 Å². The molecule has 1 aromatic heterocycles. The number of aromatic hydroxyl groups is 1. The maximum absolute atomic E-state index is 11.4. The Labute approximate surface area is 210 Å². The number of aliphatic hydroxyl groups is 1. The minimum absolute atomic E-state index is 0.00113. The summed E-state index contributed by atoms with van der Waals surface area (Å²) in [6.07, 6.45) is 1.85. The molecule has 1 fully saturated rings. The Bertz CT molecular complexity index is 1190. The van der Waals surface area contributed by atoms with Crippen molar-refractivity contribution < 1.29 is 24.5 Å². The van der Waals surface area contributed by atoms with Crippen LogP contribution in [0.2, 0.25) is 0 Å². The van der Waals surface area contributed by atoms with Crippen LogP contribution in [0.5, 0.6) is 11.5 Å². The van der Waals surface area contributed by atoms with E-state index in [0.717, 1.165) is 29.4 Å². The van der Waals surface area contributed by atoms with E-state index < -0.39 is 11.4 Å². The number of phenolic OH excluding ortho intramolecular Hbond substituents is 1. The quantitative estimate of drug-likeness (QED) is 0.240. The van der Waals surface area contributed by atoms with Gasteiger partial charge in [0, 0.05) is 6.54 Å². The number of carbonyl (C=O) groups excluding carboxylic acids is 1. The number of imidazole rings is 1. The summed E-state index contributed by atoms with van der Waals surface area (Å²) in [4.78, 5) is 16.1. The number of nitrogens with one attached hydrogen (secondary N) is 2. The first-order valence-electron chi connectivity index (χ1n) is 12.3. The number of nitrogens with two attached hydrogens (primary N) is 1. The van der Waals surface area contributed by atoms with Gasteiger partial charge in [0.2, 0.25) is 11.9 Å². The Balaban J connectivity index is 1.40. The van der Waals surface area contributed by atoms with Gasteiger partial charge in [0.15, 0.2) is 11.5 Å². The van der Waals surface area contributed by atoms with Gasteiger partial charge in [0.25, 0.3) is 0 Å². The van der Waals surface area contributed by atoms with Crippen molar-refractivity contribution in [2.45, 2.75) is 57.5 Å². The van der Waals surface area contributed by atoms with Gasteiger partial charge in [-0.3, -0.25) is 9.36 Å². The summed E-state index contributed by atoms with van der Waals surface area (Å²) in [6, 6.07) is 13.1. The Hall–Kier alpha value is -3.34. The molecule has 194 valence electrons. The average molecular weight is 498 g/mol. The molecule has 0 saturated carbocycles. The number of carbonyl (C=O) groups is 1. The third kappa shape index (κ3) is 5.89. The van der Waals surface area contributed by atoms with Crippen LogP contribution < -0.4 is 21.1 Å². The number of hydrogen-bond acceptors (Lipinski definition) is 8. The van der Waals surface area contributed by atoms with Crippen LogP contribution in [-0.2, 0) is 16.1 Å². The van der Waals surface area contributed by atoms with E-state index in [1.807, 2.05) is 34.9 Å². The third-order valence-corrected chi connectivity index (χ3v) is 6.41. The normalized spacial score (nSPS) is 18.0. The first-order chi connectivity index (χ1) is 17.3. The van der Waals surface area contributed by atoms with Gasteiger partial charge in [-0.25, -0.2) is 4.98 Å². The largest absolute Gasteiger partial charge is 0.504 e. The molecule has 10 nitrogen and oxygen atoms in total. The number of fused-ring (bicyclic) bond motifs is 1. The van der Waals surface area contributed by atoms with Crippen LogP contribution in [0.3, 0.4) is 0 Å². The van der Waals surface area contributed by atoms with E-state index in [9.17, 15) is 15.0 Å². The number of hydrogen-bond donors (Lipinski definition) is 5. The summed E-state index contributed by atoms with van der Waals surface area (Å²) in [5.41, 5.74) is 7.32. The fraction of sp³-hybridized carbons (Fsp3) is 0.462. The number of benzene rings is 2. The average Bonchev–Trinajstić information content (AvgIpc) is 3.47. The molecule has 3 aromatic rings. The standard InChI is InChI=1S/C26H35N5O5/c1-26(2,24(27)34)29-12-5-13-35-22-14-17(8-10-21(22)33)15-28-25-30-19-6-3-4-7-20(19)31(25)23-11-9-18(16-32)36-23/h3-4,6-8,10,14,18,23,29,32-33H,5,9,11-13,15-16H2,1-2H3,(H2,27,34)(H,28,30)/t18-,23+/m0/s1. The SMILES string of the molecule is CC(C)(NCCCOc1cc(CNc2nc3ccccc3n2[C@H]2CC[C@@H](CO)O2)ccc1O)C(N)=O. The fourth-order valence-corrected chi connectivity index (χ4v) is 4.18. The Morgan fingerprint density at radius 2 is 2.08 bits per heavy atom. The molecule has 0 unspecified atom stereocenters. The number of anilines is 1. The van der Waals surface area contributed by atoms with Crippen LogP contribution >= 0.6 is 0 Å². The monoisotopic (exact) mass is 497 g/mol. The molecule has 1 aliphatic heterocycles. The van der Waals surface area contributed by atoms with Crippen molar-refractivity contribution >= 4 is 22.9 Å². The van der Waals surface area contributed by atoms with E-state index in [1.165, 1.54) is 0 Å². The second-order valence-electron chi connectivity index (χ2n) is 9.54. The number of amides is 1. The summed E-state index contributed by atoms with van der Waals surface area (Å²) < 4.78 is 13.9. The van der Waals surface area contributed by atoms with Crippen LogP contribution in [0.4, 0.5) is 5.95 Å². The molecule has 6 N–H and O–H groups in total. The lowest BCUT2D eigenvalue weighted by atomic mass is 10.1. The minimum Gasteiger partial charge on any atom is -0.504 e. The first kappa shape index (κ1) is 25.7. The number of primary amides is 1. The predicted molar refractivity (Wildman–Crippen MR) is 137 cm³/mol. The highest BCUT2D eigenvalue weighted by molar-refractivity contribution is 5.83. The van der Waals surface area contributed by atoms with Crippen LogP contribution in [0.15, 0.2) is 42.5 Å². The fourth-order valence-electron chi connectivity index (χ4n) is 4.18. The van der Waals surface area contributed by atoms with Gasteiger partial charge >= 0.3 is 0 Å². The number of aromatic nitrogens is 2. The molecule has 0 radical (unpaired) electrons. The zero-order valence-electron chi connectivity index (χ0n) is 20.7. The number of aliphatic hydroxyl groups excluding tert-OH is 1. The smallest absolute Gasteiger partial charge is 0.237 e. The number of ether oxygens (including phenoxy) is 2. The van der Waals surface area contributed by atoms with Gasteiger partial charge in [-0.1, -0.05) is 18.2 Å². The molecule has 1 amide bonds. The topological polar surface area (TPSA) is 144 Å². The molecule has 36 heavy (non-hydrogen) atoms. The summed E-state index contributed by atoms with van der Waals surface area (Å²) in [5.74, 6) is 0.716. The maximum Gasteiger partial charge on any atom is 0.237 e. The Morgan fingerprint density at radius 3 is 2.83 bits per heavy atom. The molecule has 0 aliphatic carbocycles. The molecule has 10 heteroatoms. The highest BCUT2D eigenvalue weighted by Crippen LogP contribution is 2.34. The van der Waals surface area contributed by atoms with E-state index in [1.54, 1.807) is 26.0 Å². The number of para-hydroxylation sites is 2.